The largest absolute Gasteiger partial charge is 0.497 e. The third-order valence-corrected chi connectivity index (χ3v) is 4.65. The van der Waals surface area contributed by atoms with Gasteiger partial charge in [-0.3, -0.25) is 4.72 Å². The van der Waals surface area contributed by atoms with E-state index in [0.717, 1.165) is 0 Å². The molecule has 0 bridgehead atoms. The first kappa shape index (κ1) is 18.2. The molecule has 0 spiro atoms. The molecular weight excluding hydrogens is 354 g/mol. The number of methoxy groups -OCH3 is 2. The van der Waals surface area contributed by atoms with E-state index in [1.165, 1.54) is 13.2 Å². The molecule has 2 rings (SSSR count). The molecule has 6 nitrogen and oxygen atoms in total. The van der Waals surface area contributed by atoms with Gasteiger partial charge in [0, 0.05) is 0 Å². The molecule has 0 aromatic heterocycles. The number of nitrogens with one attached hydrogen (secondary N) is 1. The highest BCUT2D eigenvalue weighted by Crippen LogP contribution is 2.27. The number of sulfonamides is 1. The SMILES string of the molecule is COc1ccc(OCCS(=O)(=O)Nc2ccc(OC)c(Cl)c2)cc1. The highest BCUT2D eigenvalue weighted by Gasteiger charge is 2.12. The molecule has 0 fully saturated rings. The van der Waals surface area contributed by atoms with Crippen LogP contribution in [0.25, 0.3) is 0 Å². The van der Waals surface area contributed by atoms with Gasteiger partial charge in [0.05, 0.1) is 24.9 Å². The zero-order chi connectivity index (χ0) is 17.6. The van der Waals surface area contributed by atoms with Gasteiger partial charge in [-0.05, 0) is 42.5 Å². The van der Waals surface area contributed by atoms with Gasteiger partial charge in [-0.1, -0.05) is 11.6 Å². The van der Waals surface area contributed by atoms with Crippen LogP contribution in [0.2, 0.25) is 5.02 Å². The quantitative estimate of drug-likeness (QED) is 0.771. The van der Waals surface area contributed by atoms with Gasteiger partial charge >= 0.3 is 0 Å². The van der Waals surface area contributed by atoms with Crippen LogP contribution in [0.5, 0.6) is 17.2 Å². The average molecular weight is 372 g/mol. The van der Waals surface area contributed by atoms with E-state index in [4.69, 9.17) is 25.8 Å². The second-order valence-electron chi connectivity index (χ2n) is 4.79. The molecule has 8 heteroatoms. The van der Waals surface area contributed by atoms with Crippen LogP contribution < -0.4 is 18.9 Å². The molecule has 1 N–H and O–H groups in total. The third-order valence-electron chi connectivity index (χ3n) is 3.11. The lowest BCUT2D eigenvalue weighted by Gasteiger charge is -2.11. The van der Waals surface area contributed by atoms with Gasteiger partial charge < -0.3 is 14.2 Å². The van der Waals surface area contributed by atoms with Gasteiger partial charge in [0.2, 0.25) is 10.0 Å². The van der Waals surface area contributed by atoms with Gasteiger partial charge in [0.15, 0.2) is 0 Å². The molecular formula is C16H18ClNO5S. The minimum atomic E-state index is -3.55. The first-order valence-electron chi connectivity index (χ1n) is 7.04. The second-order valence-corrected chi connectivity index (χ2v) is 7.04. The molecule has 2 aromatic carbocycles. The second kappa shape index (κ2) is 8.12. The number of ether oxygens (including phenoxy) is 3. The van der Waals surface area contributed by atoms with E-state index >= 15 is 0 Å². The van der Waals surface area contributed by atoms with E-state index in [1.807, 2.05) is 0 Å². The van der Waals surface area contributed by atoms with Crippen molar-refractivity contribution >= 4 is 27.3 Å². The van der Waals surface area contributed by atoms with Crippen LogP contribution in [-0.2, 0) is 10.0 Å². The molecule has 0 aliphatic rings. The van der Waals surface area contributed by atoms with Gasteiger partial charge in [-0.2, -0.15) is 0 Å². The highest BCUT2D eigenvalue weighted by molar-refractivity contribution is 7.92. The van der Waals surface area contributed by atoms with Crippen molar-refractivity contribution in [3.05, 3.63) is 47.5 Å². The van der Waals surface area contributed by atoms with Gasteiger partial charge in [0.1, 0.15) is 29.6 Å². The molecule has 0 radical (unpaired) electrons. The van der Waals surface area contributed by atoms with Crippen LogP contribution in [0, 0.1) is 0 Å². The Morgan fingerprint density at radius 1 is 1.00 bits per heavy atom. The smallest absolute Gasteiger partial charge is 0.236 e. The van der Waals surface area contributed by atoms with Crippen molar-refractivity contribution in [2.75, 3.05) is 31.3 Å². The first-order chi connectivity index (χ1) is 11.4. The van der Waals surface area contributed by atoms with Gasteiger partial charge in [0.25, 0.3) is 0 Å². The summed E-state index contributed by atoms with van der Waals surface area (Å²) in [6, 6.07) is 11.6. The summed E-state index contributed by atoms with van der Waals surface area (Å²) >= 11 is 5.97. The summed E-state index contributed by atoms with van der Waals surface area (Å²) in [4.78, 5) is 0. The van der Waals surface area contributed by atoms with E-state index in [0.29, 0.717) is 28.0 Å². The molecule has 0 atom stereocenters. The Morgan fingerprint density at radius 3 is 2.25 bits per heavy atom. The Bertz CT molecular complexity index is 778. The summed E-state index contributed by atoms with van der Waals surface area (Å²) in [5.41, 5.74) is 0.366. The summed E-state index contributed by atoms with van der Waals surface area (Å²) in [5.74, 6) is 1.55. The Labute approximate surface area is 146 Å². The zero-order valence-electron chi connectivity index (χ0n) is 13.3. The first-order valence-corrected chi connectivity index (χ1v) is 9.07. The fraction of sp³-hybridized carbons (Fsp3) is 0.250. The summed E-state index contributed by atoms with van der Waals surface area (Å²) in [6.45, 7) is 0.0194. The fourth-order valence-electron chi connectivity index (χ4n) is 1.90. The predicted molar refractivity (Wildman–Crippen MR) is 93.9 cm³/mol. The number of hydrogen-bond donors (Lipinski definition) is 1. The van der Waals surface area contributed by atoms with E-state index < -0.39 is 10.0 Å². The van der Waals surface area contributed by atoms with Crippen LogP contribution in [0.4, 0.5) is 5.69 Å². The molecule has 0 saturated heterocycles. The monoisotopic (exact) mass is 371 g/mol. The third kappa shape index (κ3) is 5.21. The molecule has 0 aliphatic heterocycles. The summed E-state index contributed by atoms with van der Waals surface area (Å²) < 4.78 is 42.1. The molecule has 2 aromatic rings. The number of anilines is 1. The molecule has 0 heterocycles. The van der Waals surface area contributed by atoms with E-state index in [-0.39, 0.29) is 12.4 Å². The van der Waals surface area contributed by atoms with Crippen LogP contribution in [0.3, 0.4) is 0 Å². The maximum absolute atomic E-state index is 12.1. The molecule has 24 heavy (non-hydrogen) atoms. The van der Waals surface area contributed by atoms with E-state index in [9.17, 15) is 8.42 Å². The lowest BCUT2D eigenvalue weighted by atomic mass is 10.3. The maximum atomic E-state index is 12.1. The lowest BCUT2D eigenvalue weighted by molar-refractivity contribution is 0.340. The number of halogens is 1. The van der Waals surface area contributed by atoms with Crippen molar-refractivity contribution in [2.45, 2.75) is 0 Å². The van der Waals surface area contributed by atoms with E-state index in [2.05, 4.69) is 4.72 Å². The van der Waals surface area contributed by atoms with Crippen molar-refractivity contribution in [2.24, 2.45) is 0 Å². The fourth-order valence-corrected chi connectivity index (χ4v) is 3.05. The van der Waals surface area contributed by atoms with Crippen molar-refractivity contribution in [3.63, 3.8) is 0 Å². The Morgan fingerprint density at radius 2 is 1.67 bits per heavy atom. The van der Waals surface area contributed by atoms with Crippen LogP contribution in [0.15, 0.2) is 42.5 Å². The summed E-state index contributed by atoms with van der Waals surface area (Å²) in [6.07, 6.45) is 0. The van der Waals surface area contributed by atoms with Crippen LogP contribution >= 0.6 is 11.6 Å². The van der Waals surface area contributed by atoms with Crippen LogP contribution in [0.1, 0.15) is 0 Å². The van der Waals surface area contributed by atoms with Gasteiger partial charge in [-0.15, -0.1) is 0 Å². The van der Waals surface area contributed by atoms with Crippen LogP contribution in [-0.4, -0.2) is 35.0 Å². The van der Waals surface area contributed by atoms with Crippen molar-refractivity contribution < 1.29 is 22.6 Å². The normalized spacial score (nSPS) is 11.0. The molecule has 130 valence electrons. The van der Waals surface area contributed by atoms with Gasteiger partial charge in [-0.25, -0.2) is 8.42 Å². The Balaban J connectivity index is 1.89. The summed E-state index contributed by atoms with van der Waals surface area (Å²) in [5, 5.41) is 0.326. The maximum Gasteiger partial charge on any atom is 0.236 e. The average Bonchev–Trinajstić information content (AvgIpc) is 2.55. The standard InChI is InChI=1S/C16H18ClNO5S/c1-21-13-4-6-14(7-5-13)23-9-10-24(19,20)18-12-3-8-16(22-2)15(17)11-12/h3-8,11,18H,9-10H2,1-2H3. The Kier molecular flexibility index (Phi) is 6.16. The minimum absolute atomic E-state index is 0.0194. The van der Waals surface area contributed by atoms with Crippen molar-refractivity contribution in [1.29, 1.82) is 0 Å². The molecule has 0 amide bonds. The molecule has 0 saturated carbocycles. The molecule has 0 unspecified atom stereocenters. The van der Waals surface area contributed by atoms with E-state index in [1.54, 1.807) is 43.5 Å². The lowest BCUT2D eigenvalue weighted by Crippen LogP contribution is -2.21. The zero-order valence-corrected chi connectivity index (χ0v) is 14.9. The topological polar surface area (TPSA) is 73.9 Å². The van der Waals surface area contributed by atoms with Crippen molar-refractivity contribution in [1.82, 2.24) is 0 Å². The molecule has 0 aliphatic carbocycles. The predicted octanol–water partition coefficient (Wildman–Crippen LogP) is 3.18. The van der Waals surface area contributed by atoms with Crippen molar-refractivity contribution in [3.8, 4) is 17.2 Å². The summed E-state index contributed by atoms with van der Waals surface area (Å²) in [7, 11) is -0.496. The number of benzene rings is 2. The number of rotatable bonds is 8. The minimum Gasteiger partial charge on any atom is -0.497 e. The highest BCUT2D eigenvalue weighted by atomic mass is 35.5. The Hall–Kier alpha value is -2.12. The number of hydrogen-bond acceptors (Lipinski definition) is 5.